The molecule has 0 heterocycles. The Morgan fingerprint density at radius 3 is 2.75 bits per heavy atom. The number of rotatable bonds is 4. The van der Waals surface area contributed by atoms with E-state index in [2.05, 4.69) is 49.4 Å². The maximum Gasteiger partial charge on any atom is 0.313 e. The van der Waals surface area contributed by atoms with Crippen LogP contribution in [0, 0.1) is 0 Å². The average molecular weight is 284 g/mol. The van der Waals surface area contributed by atoms with Crippen LogP contribution in [0.3, 0.4) is 0 Å². The Hall–Kier alpha value is -1.74. The van der Waals surface area contributed by atoms with Gasteiger partial charge in [0.2, 0.25) is 0 Å². The molecule has 0 aromatic heterocycles. The van der Waals surface area contributed by atoms with Gasteiger partial charge in [0.15, 0.2) is 0 Å². The third-order valence-corrected chi connectivity index (χ3v) is 4.93. The Bertz CT molecular complexity index is 664. The smallest absolute Gasteiger partial charge is 0.313 e. The highest BCUT2D eigenvalue weighted by Gasteiger charge is 2.19. The number of fused-ring (bicyclic) bond motifs is 3. The lowest BCUT2D eigenvalue weighted by Crippen LogP contribution is -2.01. The Labute approximate surface area is 122 Å². The molecular formula is C17H16O2S. The zero-order valence-electron chi connectivity index (χ0n) is 11.3. The van der Waals surface area contributed by atoms with Crippen molar-refractivity contribution in [2.24, 2.45) is 0 Å². The van der Waals surface area contributed by atoms with Crippen molar-refractivity contribution in [1.82, 2.24) is 0 Å². The number of aliphatic carboxylic acids is 1. The van der Waals surface area contributed by atoms with Gasteiger partial charge in [-0.3, -0.25) is 4.79 Å². The van der Waals surface area contributed by atoms with Crippen LogP contribution in [0.15, 0.2) is 42.5 Å². The minimum Gasteiger partial charge on any atom is -0.481 e. The monoisotopic (exact) mass is 284 g/mol. The molecule has 0 spiro atoms. The maximum atomic E-state index is 10.7. The third-order valence-electron chi connectivity index (χ3n) is 3.74. The fourth-order valence-electron chi connectivity index (χ4n) is 2.71. The van der Waals surface area contributed by atoms with Crippen LogP contribution in [0.1, 0.15) is 28.9 Å². The molecule has 3 rings (SSSR count). The normalized spacial score (nSPS) is 13.7. The van der Waals surface area contributed by atoms with E-state index in [0.717, 1.165) is 6.42 Å². The van der Waals surface area contributed by atoms with Gasteiger partial charge in [0.25, 0.3) is 0 Å². The number of carboxylic acid groups (broad SMARTS) is 1. The van der Waals surface area contributed by atoms with Gasteiger partial charge in [-0.2, -0.15) is 0 Å². The van der Waals surface area contributed by atoms with E-state index >= 15 is 0 Å². The second-order valence-electron chi connectivity index (χ2n) is 5.10. The van der Waals surface area contributed by atoms with Crippen LogP contribution >= 0.6 is 11.8 Å². The van der Waals surface area contributed by atoms with E-state index in [-0.39, 0.29) is 11.0 Å². The van der Waals surface area contributed by atoms with Crippen molar-refractivity contribution in [3.05, 3.63) is 59.2 Å². The van der Waals surface area contributed by atoms with Crippen LogP contribution < -0.4 is 0 Å². The highest BCUT2D eigenvalue weighted by molar-refractivity contribution is 8.00. The molecule has 0 radical (unpaired) electrons. The molecule has 2 nitrogen and oxygen atoms in total. The molecule has 1 atom stereocenters. The zero-order valence-corrected chi connectivity index (χ0v) is 12.1. The molecule has 1 aliphatic carbocycles. The minimum atomic E-state index is -0.754. The van der Waals surface area contributed by atoms with Gasteiger partial charge in [0.1, 0.15) is 0 Å². The van der Waals surface area contributed by atoms with E-state index < -0.39 is 5.97 Å². The first-order chi connectivity index (χ1) is 9.65. The molecule has 0 aliphatic heterocycles. The number of benzene rings is 2. The summed E-state index contributed by atoms with van der Waals surface area (Å²) in [5.41, 5.74) is 6.60. The fraction of sp³-hybridized carbons (Fsp3) is 0.235. The molecule has 0 amide bonds. The summed E-state index contributed by atoms with van der Waals surface area (Å²) >= 11 is 1.47. The highest BCUT2D eigenvalue weighted by atomic mass is 32.2. The van der Waals surface area contributed by atoms with Gasteiger partial charge in [-0.15, -0.1) is 11.8 Å². The Balaban J connectivity index is 1.85. The van der Waals surface area contributed by atoms with Crippen molar-refractivity contribution in [2.75, 3.05) is 5.75 Å². The number of carbonyl (C=O) groups is 1. The summed E-state index contributed by atoms with van der Waals surface area (Å²) in [6.45, 7) is 2.07. The Morgan fingerprint density at radius 2 is 1.95 bits per heavy atom. The Kier molecular flexibility index (Phi) is 3.53. The van der Waals surface area contributed by atoms with Crippen molar-refractivity contribution >= 4 is 17.7 Å². The van der Waals surface area contributed by atoms with E-state index in [1.807, 2.05) is 0 Å². The van der Waals surface area contributed by atoms with E-state index in [4.69, 9.17) is 5.11 Å². The lowest BCUT2D eigenvalue weighted by atomic mass is 10.0. The predicted molar refractivity (Wildman–Crippen MR) is 83.2 cm³/mol. The van der Waals surface area contributed by atoms with Crippen molar-refractivity contribution in [2.45, 2.75) is 18.6 Å². The molecule has 0 unspecified atom stereocenters. The molecule has 1 N–H and O–H groups in total. The third kappa shape index (κ3) is 2.46. The van der Waals surface area contributed by atoms with Crippen LogP contribution in [-0.4, -0.2) is 16.8 Å². The molecular weight excluding hydrogens is 268 g/mol. The molecule has 102 valence electrons. The fourth-order valence-corrected chi connectivity index (χ4v) is 3.44. The highest BCUT2D eigenvalue weighted by Crippen LogP contribution is 2.39. The molecule has 0 fully saturated rings. The molecule has 2 aromatic carbocycles. The van der Waals surface area contributed by atoms with E-state index in [1.54, 1.807) is 0 Å². The number of hydrogen-bond donors (Lipinski definition) is 1. The molecule has 2 aromatic rings. The molecule has 0 saturated heterocycles. The summed E-state index contributed by atoms with van der Waals surface area (Å²) in [5.74, 6) is -0.603. The predicted octanol–water partition coefficient (Wildman–Crippen LogP) is 4.14. The SMILES string of the molecule is C[C@H](SCC(=O)O)c1ccc2c(c1)Cc1ccccc1-2. The van der Waals surface area contributed by atoms with Gasteiger partial charge in [-0.05, 0) is 41.2 Å². The van der Waals surface area contributed by atoms with Gasteiger partial charge in [-0.1, -0.05) is 42.5 Å². The average Bonchev–Trinajstić information content (AvgIpc) is 2.82. The van der Waals surface area contributed by atoms with Crippen molar-refractivity contribution in [1.29, 1.82) is 0 Å². The first kappa shape index (κ1) is 13.3. The van der Waals surface area contributed by atoms with Crippen molar-refractivity contribution in [3.8, 4) is 11.1 Å². The number of carboxylic acids is 1. The molecule has 20 heavy (non-hydrogen) atoms. The van der Waals surface area contributed by atoms with Crippen molar-refractivity contribution in [3.63, 3.8) is 0 Å². The molecule has 0 saturated carbocycles. The lowest BCUT2D eigenvalue weighted by Gasteiger charge is -2.12. The van der Waals surface area contributed by atoms with Crippen LogP contribution in [0.2, 0.25) is 0 Å². The summed E-state index contributed by atoms with van der Waals surface area (Å²) in [7, 11) is 0. The Morgan fingerprint density at radius 1 is 1.20 bits per heavy atom. The standard InChI is InChI=1S/C17H16O2S/c1-11(20-10-17(18)19)12-6-7-16-14(8-12)9-13-4-2-3-5-15(13)16/h2-8,11H,9-10H2,1H3,(H,18,19)/t11-/m0/s1. The number of hydrogen-bond acceptors (Lipinski definition) is 2. The van der Waals surface area contributed by atoms with Gasteiger partial charge in [0, 0.05) is 5.25 Å². The first-order valence-electron chi connectivity index (χ1n) is 6.69. The largest absolute Gasteiger partial charge is 0.481 e. The summed E-state index contributed by atoms with van der Waals surface area (Å²) in [5, 5.41) is 8.97. The summed E-state index contributed by atoms with van der Waals surface area (Å²) in [6.07, 6.45) is 0.982. The zero-order chi connectivity index (χ0) is 14.1. The second-order valence-corrected chi connectivity index (χ2v) is 6.43. The van der Waals surface area contributed by atoms with Crippen LogP contribution in [0.4, 0.5) is 0 Å². The lowest BCUT2D eigenvalue weighted by molar-refractivity contribution is -0.133. The maximum absolute atomic E-state index is 10.7. The summed E-state index contributed by atoms with van der Waals surface area (Å²) in [6, 6.07) is 15.0. The minimum absolute atomic E-state index is 0.151. The molecule has 1 aliphatic rings. The second kappa shape index (κ2) is 5.33. The topological polar surface area (TPSA) is 37.3 Å². The van der Waals surface area contributed by atoms with Gasteiger partial charge < -0.3 is 5.11 Å². The number of thioether (sulfide) groups is 1. The van der Waals surface area contributed by atoms with Gasteiger partial charge in [-0.25, -0.2) is 0 Å². The van der Waals surface area contributed by atoms with Gasteiger partial charge >= 0.3 is 5.97 Å². The van der Waals surface area contributed by atoms with E-state index in [0.29, 0.717) is 0 Å². The van der Waals surface area contributed by atoms with Gasteiger partial charge in [0.05, 0.1) is 5.75 Å². The summed E-state index contributed by atoms with van der Waals surface area (Å²) in [4.78, 5) is 10.7. The first-order valence-corrected chi connectivity index (χ1v) is 7.74. The quantitative estimate of drug-likeness (QED) is 0.782. The van der Waals surface area contributed by atoms with E-state index in [1.165, 1.54) is 39.6 Å². The van der Waals surface area contributed by atoms with Crippen LogP contribution in [-0.2, 0) is 11.2 Å². The van der Waals surface area contributed by atoms with Crippen LogP contribution in [0.25, 0.3) is 11.1 Å². The van der Waals surface area contributed by atoms with Crippen LogP contribution in [0.5, 0.6) is 0 Å². The molecule has 3 heteroatoms. The summed E-state index contributed by atoms with van der Waals surface area (Å²) < 4.78 is 0. The molecule has 0 bridgehead atoms. The van der Waals surface area contributed by atoms with Crippen molar-refractivity contribution < 1.29 is 9.90 Å². The van der Waals surface area contributed by atoms with E-state index in [9.17, 15) is 4.79 Å².